The Bertz CT molecular complexity index is 270. The minimum Gasteiger partial charge on any atom is -0.303 e. The zero-order valence-electron chi connectivity index (χ0n) is 7.82. The molecule has 0 amide bonds. The predicted octanol–water partition coefficient (Wildman–Crippen LogP) is 1.58. The first-order valence-electron chi connectivity index (χ1n) is 4.30. The van der Waals surface area contributed by atoms with Gasteiger partial charge in [0.25, 0.3) is 0 Å². The van der Waals surface area contributed by atoms with E-state index in [1.165, 1.54) is 0 Å². The van der Waals surface area contributed by atoms with Crippen molar-refractivity contribution in [2.45, 2.75) is 32.7 Å². The number of hydrogen-bond acceptors (Lipinski definition) is 3. The van der Waals surface area contributed by atoms with Crippen LogP contribution in [0.3, 0.4) is 0 Å². The first-order valence-corrected chi connectivity index (χ1v) is 4.30. The van der Waals surface area contributed by atoms with Crippen molar-refractivity contribution in [2.75, 3.05) is 0 Å². The van der Waals surface area contributed by atoms with E-state index in [4.69, 9.17) is 0 Å². The third kappa shape index (κ3) is 1.94. The zero-order chi connectivity index (χ0) is 10.0. The van der Waals surface area contributed by atoms with E-state index in [0.717, 1.165) is 11.1 Å². The first kappa shape index (κ1) is 9.89. The van der Waals surface area contributed by atoms with Gasteiger partial charge in [-0.15, -0.1) is 0 Å². The Morgan fingerprint density at radius 1 is 1.38 bits per heavy atom. The maximum atomic E-state index is 10.6. The van der Waals surface area contributed by atoms with Crippen LogP contribution >= 0.6 is 0 Å². The number of carbonyl (C=O) groups excluding carboxylic acids is 1. The molecule has 1 aliphatic rings. The third-order valence-electron chi connectivity index (χ3n) is 2.73. The van der Waals surface area contributed by atoms with Crippen LogP contribution in [0, 0.1) is 16.0 Å². The van der Waals surface area contributed by atoms with Gasteiger partial charge in [-0.2, -0.15) is 0 Å². The predicted molar refractivity (Wildman–Crippen MR) is 47.9 cm³/mol. The van der Waals surface area contributed by atoms with Gasteiger partial charge in [0.1, 0.15) is 6.29 Å². The Morgan fingerprint density at radius 3 is 2.38 bits per heavy atom. The molecule has 0 spiro atoms. The van der Waals surface area contributed by atoms with E-state index in [-0.39, 0.29) is 4.92 Å². The fourth-order valence-corrected chi connectivity index (χ4v) is 1.67. The number of carbonyl (C=O) groups is 1. The van der Waals surface area contributed by atoms with Gasteiger partial charge in [-0.3, -0.25) is 10.1 Å². The number of allylic oxidation sites excluding steroid dienone is 1. The number of hydrogen-bond donors (Lipinski definition) is 0. The third-order valence-corrected chi connectivity index (χ3v) is 2.73. The SMILES string of the molecule is CC1=C(C)C[C@H]([N+](=O)[O-])[C@@H](C=O)C1. The Balaban J connectivity index is 2.87. The molecule has 0 aromatic heterocycles. The van der Waals surface area contributed by atoms with Gasteiger partial charge in [0.05, 0.1) is 5.92 Å². The maximum Gasteiger partial charge on any atom is 0.226 e. The molecule has 0 bridgehead atoms. The summed E-state index contributed by atoms with van der Waals surface area (Å²) in [5, 5.41) is 10.6. The van der Waals surface area contributed by atoms with Crippen LogP contribution in [-0.2, 0) is 4.79 Å². The fraction of sp³-hybridized carbons (Fsp3) is 0.667. The van der Waals surface area contributed by atoms with Gasteiger partial charge in [-0.1, -0.05) is 11.1 Å². The van der Waals surface area contributed by atoms with E-state index in [2.05, 4.69) is 0 Å². The van der Waals surface area contributed by atoms with Crippen LogP contribution in [-0.4, -0.2) is 17.3 Å². The second-order valence-corrected chi connectivity index (χ2v) is 3.62. The Hall–Kier alpha value is -1.19. The molecule has 0 saturated carbocycles. The van der Waals surface area contributed by atoms with Crippen LogP contribution in [0.4, 0.5) is 0 Å². The quantitative estimate of drug-likeness (QED) is 0.282. The summed E-state index contributed by atoms with van der Waals surface area (Å²) in [4.78, 5) is 20.9. The maximum absolute atomic E-state index is 10.6. The van der Waals surface area contributed by atoms with Gasteiger partial charge >= 0.3 is 0 Å². The Morgan fingerprint density at radius 2 is 1.92 bits per heavy atom. The van der Waals surface area contributed by atoms with Crippen molar-refractivity contribution in [3.63, 3.8) is 0 Å². The minimum atomic E-state index is -0.707. The van der Waals surface area contributed by atoms with E-state index >= 15 is 0 Å². The molecule has 72 valence electrons. The van der Waals surface area contributed by atoms with E-state index in [1.807, 2.05) is 13.8 Å². The second-order valence-electron chi connectivity index (χ2n) is 3.62. The highest BCUT2D eigenvalue weighted by molar-refractivity contribution is 5.56. The lowest BCUT2D eigenvalue weighted by atomic mass is 9.82. The molecule has 4 nitrogen and oxygen atoms in total. The van der Waals surface area contributed by atoms with Gasteiger partial charge in [0, 0.05) is 11.3 Å². The van der Waals surface area contributed by atoms with Gasteiger partial charge in [-0.25, -0.2) is 0 Å². The standard InChI is InChI=1S/C9H13NO3/c1-6-3-8(5-11)9(10(12)13)4-7(6)2/h5,8-9H,3-4H2,1-2H3/t8-,9+/m1/s1. The molecule has 0 fully saturated rings. The minimum absolute atomic E-state index is 0.338. The molecular formula is C9H13NO3. The molecule has 0 N–H and O–H groups in total. The topological polar surface area (TPSA) is 60.2 Å². The molecule has 0 unspecified atom stereocenters. The van der Waals surface area contributed by atoms with Crippen molar-refractivity contribution in [3.8, 4) is 0 Å². The molecule has 1 aliphatic carbocycles. The smallest absolute Gasteiger partial charge is 0.226 e. The second kappa shape index (κ2) is 3.68. The average molecular weight is 183 g/mol. The normalized spacial score (nSPS) is 28.8. The highest BCUT2D eigenvalue weighted by Crippen LogP contribution is 2.29. The molecule has 0 radical (unpaired) electrons. The highest BCUT2D eigenvalue weighted by Gasteiger charge is 2.35. The molecule has 13 heavy (non-hydrogen) atoms. The lowest BCUT2D eigenvalue weighted by Crippen LogP contribution is -2.33. The lowest BCUT2D eigenvalue weighted by molar-refractivity contribution is -0.529. The number of rotatable bonds is 2. The van der Waals surface area contributed by atoms with Crippen molar-refractivity contribution in [2.24, 2.45) is 5.92 Å². The van der Waals surface area contributed by atoms with Crippen molar-refractivity contribution in [1.29, 1.82) is 0 Å². The van der Waals surface area contributed by atoms with Gasteiger partial charge < -0.3 is 4.79 Å². The molecule has 4 heteroatoms. The summed E-state index contributed by atoms with van der Waals surface area (Å²) >= 11 is 0. The summed E-state index contributed by atoms with van der Waals surface area (Å²) < 4.78 is 0. The van der Waals surface area contributed by atoms with Gasteiger partial charge in [0.2, 0.25) is 6.04 Å². The van der Waals surface area contributed by atoms with Crippen molar-refractivity contribution in [3.05, 3.63) is 21.3 Å². The van der Waals surface area contributed by atoms with Gasteiger partial charge in [-0.05, 0) is 20.3 Å². The van der Waals surface area contributed by atoms with E-state index < -0.39 is 12.0 Å². The number of nitrogens with zero attached hydrogens (tertiary/aromatic N) is 1. The van der Waals surface area contributed by atoms with Crippen LogP contribution in [0.2, 0.25) is 0 Å². The van der Waals surface area contributed by atoms with E-state index in [0.29, 0.717) is 19.1 Å². The van der Waals surface area contributed by atoms with E-state index in [9.17, 15) is 14.9 Å². The summed E-state index contributed by atoms with van der Waals surface area (Å²) in [6, 6.07) is -0.707. The first-order chi connectivity index (χ1) is 6.06. The molecule has 0 aromatic carbocycles. The van der Waals surface area contributed by atoms with Crippen LogP contribution < -0.4 is 0 Å². The summed E-state index contributed by atoms with van der Waals surface area (Å²) in [6.07, 6.45) is 1.67. The lowest BCUT2D eigenvalue weighted by Gasteiger charge is -2.23. The van der Waals surface area contributed by atoms with Crippen molar-refractivity contribution < 1.29 is 9.72 Å². The number of aldehydes is 1. The molecule has 1 rings (SSSR count). The molecule has 0 saturated heterocycles. The van der Waals surface area contributed by atoms with E-state index in [1.54, 1.807) is 0 Å². The highest BCUT2D eigenvalue weighted by atomic mass is 16.6. The molecule has 0 aliphatic heterocycles. The zero-order valence-corrected chi connectivity index (χ0v) is 7.82. The molecular weight excluding hydrogens is 170 g/mol. The Kier molecular flexibility index (Phi) is 2.80. The number of nitro groups is 1. The summed E-state index contributed by atoms with van der Waals surface area (Å²) in [7, 11) is 0. The molecule has 0 aromatic rings. The van der Waals surface area contributed by atoms with Crippen molar-refractivity contribution >= 4 is 6.29 Å². The Labute approximate surface area is 76.8 Å². The molecule has 2 atom stereocenters. The summed E-state index contributed by atoms with van der Waals surface area (Å²) in [6.45, 7) is 3.83. The molecule has 0 heterocycles. The van der Waals surface area contributed by atoms with Crippen LogP contribution in [0.25, 0.3) is 0 Å². The fourth-order valence-electron chi connectivity index (χ4n) is 1.67. The summed E-state index contributed by atoms with van der Waals surface area (Å²) in [5.41, 5.74) is 2.18. The average Bonchev–Trinajstić information content (AvgIpc) is 2.08. The van der Waals surface area contributed by atoms with Crippen LogP contribution in [0.1, 0.15) is 26.7 Å². The van der Waals surface area contributed by atoms with Crippen LogP contribution in [0.5, 0.6) is 0 Å². The largest absolute Gasteiger partial charge is 0.303 e. The van der Waals surface area contributed by atoms with Crippen LogP contribution in [0.15, 0.2) is 11.1 Å². The van der Waals surface area contributed by atoms with Crippen molar-refractivity contribution in [1.82, 2.24) is 0 Å². The monoisotopic (exact) mass is 183 g/mol. The van der Waals surface area contributed by atoms with Gasteiger partial charge in [0.15, 0.2) is 0 Å². The summed E-state index contributed by atoms with van der Waals surface area (Å²) in [5.74, 6) is -0.432.